The van der Waals surface area contributed by atoms with Crippen LogP contribution in [0.5, 0.6) is 0 Å². The van der Waals surface area contributed by atoms with Crippen LogP contribution in [-0.4, -0.2) is 38.9 Å². The van der Waals surface area contributed by atoms with Gasteiger partial charge < -0.3 is 24.7 Å². The molecule has 0 aromatic rings. The molecule has 1 aliphatic carbocycles. The minimum absolute atomic E-state index is 0.157. The van der Waals surface area contributed by atoms with Gasteiger partial charge in [0.15, 0.2) is 5.79 Å². The summed E-state index contributed by atoms with van der Waals surface area (Å²) < 4.78 is 13.0. The molecule has 0 atom stereocenters. The topological polar surface area (TPSA) is 124 Å². The molecule has 110 valence electrons. The SMILES string of the molecule is CCC(=O)OC.O=[PH](O)O.OC1(O)CCCCC1. The van der Waals surface area contributed by atoms with Crippen LogP contribution in [0.25, 0.3) is 0 Å². The number of methoxy groups -OCH3 is 1. The van der Waals surface area contributed by atoms with Gasteiger partial charge in [-0.15, -0.1) is 0 Å². The Morgan fingerprint density at radius 1 is 1.22 bits per heavy atom. The second-order valence-corrected chi connectivity index (χ2v) is 4.32. The largest absolute Gasteiger partial charge is 0.469 e. The number of carbonyl (C=O) groups excluding carboxylic acids is 1. The van der Waals surface area contributed by atoms with E-state index in [9.17, 15) is 4.79 Å². The number of esters is 1. The van der Waals surface area contributed by atoms with Crippen molar-refractivity contribution >= 4 is 14.2 Å². The highest BCUT2D eigenvalue weighted by Gasteiger charge is 2.24. The average Bonchev–Trinajstić information content (AvgIpc) is 2.27. The van der Waals surface area contributed by atoms with Crippen LogP contribution in [0, 0.1) is 0 Å². The predicted molar refractivity (Wildman–Crippen MR) is 66.0 cm³/mol. The van der Waals surface area contributed by atoms with Crippen LogP contribution in [0.3, 0.4) is 0 Å². The first-order valence-corrected chi connectivity index (χ1v) is 6.99. The highest BCUT2D eigenvalue weighted by molar-refractivity contribution is 7.30. The van der Waals surface area contributed by atoms with E-state index in [4.69, 9.17) is 24.6 Å². The van der Waals surface area contributed by atoms with E-state index in [0.29, 0.717) is 19.3 Å². The minimum Gasteiger partial charge on any atom is -0.469 e. The highest BCUT2D eigenvalue weighted by atomic mass is 31.1. The third kappa shape index (κ3) is 17.9. The molecule has 1 rings (SSSR count). The van der Waals surface area contributed by atoms with E-state index in [0.717, 1.165) is 19.3 Å². The molecule has 0 heterocycles. The van der Waals surface area contributed by atoms with E-state index in [1.165, 1.54) is 7.11 Å². The Morgan fingerprint density at radius 2 is 1.61 bits per heavy atom. The number of aliphatic hydroxyl groups is 2. The van der Waals surface area contributed by atoms with Crippen molar-refractivity contribution in [2.75, 3.05) is 7.11 Å². The minimum atomic E-state index is -3.13. The fourth-order valence-corrected chi connectivity index (χ4v) is 1.26. The van der Waals surface area contributed by atoms with Crippen molar-refractivity contribution in [3.05, 3.63) is 0 Å². The Morgan fingerprint density at radius 3 is 1.72 bits per heavy atom. The van der Waals surface area contributed by atoms with Gasteiger partial charge in [-0.2, -0.15) is 0 Å². The zero-order valence-electron chi connectivity index (χ0n) is 10.8. The molecule has 8 heteroatoms. The van der Waals surface area contributed by atoms with Crippen molar-refractivity contribution in [1.29, 1.82) is 0 Å². The second kappa shape index (κ2) is 11.6. The lowest BCUT2D eigenvalue weighted by Gasteiger charge is -2.25. The molecule has 0 bridgehead atoms. The standard InChI is InChI=1S/C6H12O2.C4H8O2.H3O3P/c7-6(8)4-2-1-3-5-6;1-3-4(5)6-2;1-4(2)3/h7-8H,1-5H2;3H2,1-2H3;4H,(H2,1,2,3). The zero-order chi connectivity index (χ0) is 14.6. The summed E-state index contributed by atoms with van der Waals surface area (Å²) in [5, 5.41) is 17.9. The number of ether oxygens (including phenoxy) is 1. The molecule has 1 fully saturated rings. The van der Waals surface area contributed by atoms with Gasteiger partial charge in [-0.25, -0.2) is 0 Å². The number of hydrogen-bond donors (Lipinski definition) is 4. The quantitative estimate of drug-likeness (QED) is 0.315. The van der Waals surface area contributed by atoms with Gasteiger partial charge in [0, 0.05) is 19.3 Å². The van der Waals surface area contributed by atoms with Crippen molar-refractivity contribution in [1.82, 2.24) is 0 Å². The number of carbonyl (C=O) groups is 1. The van der Waals surface area contributed by atoms with E-state index in [1.807, 2.05) is 0 Å². The van der Waals surface area contributed by atoms with Crippen LogP contribution < -0.4 is 0 Å². The van der Waals surface area contributed by atoms with Crippen LogP contribution in [-0.2, 0) is 14.1 Å². The van der Waals surface area contributed by atoms with Crippen molar-refractivity contribution in [3.63, 3.8) is 0 Å². The summed E-state index contributed by atoms with van der Waals surface area (Å²) >= 11 is 0. The fourth-order valence-electron chi connectivity index (χ4n) is 1.26. The summed E-state index contributed by atoms with van der Waals surface area (Å²) in [7, 11) is -1.75. The normalized spacial score (nSPS) is 16.8. The summed E-state index contributed by atoms with van der Waals surface area (Å²) in [5.74, 6) is -1.48. The summed E-state index contributed by atoms with van der Waals surface area (Å²) in [6.07, 6.45) is 4.68. The van der Waals surface area contributed by atoms with E-state index in [2.05, 4.69) is 4.74 Å². The first kappa shape index (κ1) is 19.9. The van der Waals surface area contributed by atoms with Gasteiger partial charge >= 0.3 is 14.2 Å². The summed E-state index contributed by atoms with van der Waals surface area (Å²) in [6, 6.07) is 0. The summed E-state index contributed by atoms with van der Waals surface area (Å²) in [4.78, 5) is 24.3. The van der Waals surface area contributed by atoms with Crippen LogP contribution in [0.4, 0.5) is 0 Å². The fraction of sp³-hybridized carbons (Fsp3) is 0.900. The first-order valence-electron chi connectivity index (χ1n) is 5.68. The Balaban J connectivity index is 0. The molecule has 0 aromatic carbocycles. The van der Waals surface area contributed by atoms with Crippen LogP contribution >= 0.6 is 8.25 Å². The highest BCUT2D eigenvalue weighted by Crippen LogP contribution is 2.24. The van der Waals surface area contributed by atoms with Gasteiger partial charge in [0.05, 0.1) is 7.11 Å². The Labute approximate surface area is 107 Å². The molecule has 0 unspecified atom stereocenters. The summed E-state index contributed by atoms with van der Waals surface area (Å²) in [5.41, 5.74) is 0. The van der Waals surface area contributed by atoms with E-state index in [1.54, 1.807) is 6.92 Å². The monoisotopic (exact) mass is 286 g/mol. The van der Waals surface area contributed by atoms with Crippen LogP contribution in [0.1, 0.15) is 45.4 Å². The van der Waals surface area contributed by atoms with Crippen molar-refractivity contribution in [3.8, 4) is 0 Å². The van der Waals surface area contributed by atoms with Crippen molar-refractivity contribution in [2.24, 2.45) is 0 Å². The maximum Gasteiger partial charge on any atom is 0.314 e. The molecule has 0 amide bonds. The molecule has 4 N–H and O–H groups in total. The molecule has 18 heavy (non-hydrogen) atoms. The van der Waals surface area contributed by atoms with Gasteiger partial charge in [0.1, 0.15) is 0 Å². The van der Waals surface area contributed by atoms with Crippen LogP contribution in [0.2, 0.25) is 0 Å². The summed E-state index contributed by atoms with van der Waals surface area (Å²) in [6.45, 7) is 1.76. The van der Waals surface area contributed by atoms with E-state index >= 15 is 0 Å². The molecule has 0 spiro atoms. The Kier molecular flexibility index (Phi) is 12.8. The molecule has 0 aromatic heterocycles. The molecule has 1 saturated carbocycles. The lowest BCUT2D eigenvalue weighted by Crippen LogP contribution is -2.30. The molecule has 7 nitrogen and oxygen atoms in total. The maximum absolute atomic E-state index is 9.96. The van der Waals surface area contributed by atoms with Gasteiger partial charge in [-0.1, -0.05) is 13.3 Å². The molecule has 1 aliphatic rings. The van der Waals surface area contributed by atoms with Crippen molar-refractivity contribution < 1.29 is 34.1 Å². The van der Waals surface area contributed by atoms with Gasteiger partial charge in [0.2, 0.25) is 0 Å². The smallest absolute Gasteiger partial charge is 0.314 e. The van der Waals surface area contributed by atoms with E-state index < -0.39 is 14.0 Å². The lowest BCUT2D eigenvalue weighted by molar-refractivity contribution is -0.180. The number of hydrogen-bond acceptors (Lipinski definition) is 5. The zero-order valence-corrected chi connectivity index (χ0v) is 11.8. The Bertz CT molecular complexity index is 224. The maximum atomic E-state index is 9.96. The van der Waals surface area contributed by atoms with E-state index in [-0.39, 0.29) is 5.97 Å². The molecule has 0 saturated heterocycles. The van der Waals surface area contributed by atoms with Gasteiger partial charge in [0.25, 0.3) is 0 Å². The van der Waals surface area contributed by atoms with Gasteiger partial charge in [-0.05, 0) is 12.8 Å². The van der Waals surface area contributed by atoms with Crippen LogP contribution in [0.15, 0.2) is 0 Å². The molecular weight excluding hydrogens is 263 g/mol. The first-order chi connectivity index (χ1) is 8.25. The molecule has 0 radical (unpaired) electrons. The third-order valence-electron chi connectivity index (χ3n) is 2.17. The van der Waals surface area contributed by atoms with Crippen molar-refractivity contribution in [2.45, 2.75) is 51.2 Å². The molecular formula is C10H23O7P. The third-order valence-corrected chi connectivity index (χ3v) is 2.17. The second-order valence-electron chi connectivity index (χ2n) is 3.76. The lowest BCUT2D eigenvalue weighted by atomic mass is 9.95. The average molecular weight is 286 g/mol. The van der Waals surface area contributed by atoms with Gasteiger partial charge in [-0.3, -0.25) is 9.36 Å². The predicted octanol–water partition coefficient (Wildman–Crippen LogP) is 0.562. The molecule has 0 aliphatic heterocycles. The Hall–Kier alpha value is -0.460. The number of rotatable bonds is 1.